The van der Waals surface area contributed by atoms with E-state index in [2.05, 4.69) is 0 Å². The average Bonchev–Trinajstić information content (AvgIpc) is 2.34. The molecule has 18 heavy (non-hydrogen) atoms. The first-order chi connectivity index (χ1) is 8.47. The molecule has 1 fully saturated rings. The van der Waals surface area contributed by atoms with E-state index in [1.54, 1.807) is 0 Å². The molecule has 0 aliphatic carbocycles. The molecule has 0 aromatic carbocycles. The van der Waals surface area contributed by atoms with Crippen LogP contribution in [0, 0.1) is 5.92 Å². The zero-order valence-corrected chi connectivity index (χ0v) is 9.81. The van der Waals surface area contributed by atoms with Crippen molar-refractivity contribution >= 4 is 5.97 Å². The molecule has 0 saturated carbocycles. The number of ether oxygens (including phenoxy) is 2. The lowest BCUT2D eigenvalue weighted by molar-refractivity contribution is -0.186. The summed E-state index contributed by atoms with van der Waals surface area (Å²) < 4.78 is 10.2. The summed E-state index contributed by atoms with van der Waals surface area (Å²) >= 11 is 0. The topological polar surface area (TPSA) is 142 Å². The van der Waals surface area contributed by atoms with E-state index in [0.29, 0.717) is 0 Å². The third-order valence-electron chi connectivity index (χ3n) is 2.87. The minimum absolute atomic E-state index is 0.0721. The van der Waals surface area contributed by atoms with Gasteiger partial charge in [0, 0.05) is 5.92 Å². The zero-order chi connectivity index (χ0) is 13.7. The SMILES string of the molecule is N[C@@H](COC[C@H]1OC[C@H](CO)[C@H](O)[C@H]1O)C(=O)O. The second-order valence-corrected chi connectivity index (χ2v) is 4.28. The van der Waals surface area contributed by atoms with Crippen molar-refractivity contribution in [2.24, 2.45) is 11.7 Å². The summed E-state index contributed by atoms with van der Waals surface area (Å²) in [5, 5.41) is 36.8. The molecular weight excluding hydrogens is 246 g/mol. The summed E-state index contributed by atoms with van der Waals surface area (Å²) in [5.74, 6) is -1.71. The van der Waals surface area contributed by atoms with Crippen molar-refractivity contribution in [3.63, 3.8) is 0 Å². The molecule has 8 heteroatoms. The zero-order valence-electron chi connectivity index (χ0n) is 9.81. The van der Waals surface area contributed by atoms with Gasteiger partial charge in [-0.1, -0.05) is 0 Å². The largest absolute Gasteiger partial charge is 0.480 e. The van der Waals surface area contributed by atoms with E-state index in [0.717, 1.165) is 0 Å². The van der Waals surface area contributed by atoms with Gasteiger partial charge in [0.05, 0.1) is 32.5 Å². The van der Waals surface area contributed by atoms with Crippen molar-refractivity contribution in [1.29, 1.82) is 0 Å². The number of aliphatic hydroxyl groups is 3. The van der Waals surface area contributed by atoms with Crippen LogP contribution in [0.4, 0.5) is 0 Å². The first-order valence-electron chi connectivity index (χ1n) is 5.62. The fourth-order valence-corrected chi connectivity index (χ4v) is 1.63. The maximum absolute atomic E-state index is 10.4. The number of rotatable bonds is 6. The van der Waals surface area contributed by atoms with Gasteiger partial charge >= 0.3 is 5.97 Å². The predicted octanol–water partition coefficient (Wildman–Crippen LogP) is -2.86. The second kappa shape index (κ2) is 6.98. The molecular formula is C10H19NO7. The molecule has 0 unspecified atom stereocenters. The number of carboxylic acid groups (broad SMARTS) is 1. The Kier molecular flexibility index (Phi) is 5.93. The highest BCUT2D eigenvalue weighted by Crippen LogP contribution is 2.20. The first kappa shape index (κ1) is 15.3. The van der Waals surface area contributed by atoms with Crippen LogP contribution in [-0.2, 0) is 14.3 Å². The summed E-state index contributed by atoms with van der Waals surface area (Å²) in [5.41, 5.74) is 5.23. The second-order valence-electron chi connectivity index (χ2n) is 4.28. The normalized spacial score (nSPS) is 34.2. The number of aliphatic carboxylic acids is 1. The maximum Gasteiger partial charge on any atom is 0.322 e. The lowest BCUT2D eigenvalue weighted by atomic mass is 9.93. The maximum atomic E-state index is 10.4. The van der Waals surface area contributed by atoms with E-state index in [1.165, 1.54) is 0 Å². The molecule has 0 aromatic rings. The van der Waals surface area contributed by atoms with Crippen molar-refractivity contribution in [3.05, 3.63) is 0 Å². The minimum Gasteiger partial charge on any atom is -0.480 e. The molecule has 0 bridgehead atoms. The predicted molar refractivity (Wildman–Crippen MR) is 58.8 cm³/mol. The van der Waals surface area contributed by atoms with Gasteiger partial charge in [-0.15, -0.1) is 0 Å². The summed E-state index contributed by atoms with van der Waals surface area (Å²) in [6.45, 7) is -0.456. The Hall–Kier alpha value is -0.770. The van der Waals surface area contributed by atoms with E-state index in [1.807, 2.05) is 0 Å². The molecule has 1 saturated heterocycles. The molecule has 8 nitrogen and oxygen atoms in total. The van der Waals surface area contributed by atoms with Gasteiger partial charge in [-0.2, -0.15) is 0 Å². The molecule has 1 rings (SSSR count). The molecule has 1 aliphatic rings. The van der Waals surface area contributed by atoms with Gasteiger partial charge in [0.1, 0.15) is 18.2 Å². The van der Waals surface area contributed by atoms with Crippen LogP contribution in [0.2, 0.25) is 0 Å². The Bertz CT molecular complexity index is 275. The molecule has 0 aromatic heterocycles. The Morgan fingerprint density at radius 1 is 1.44 bits per heavy atom. The lowest BCUT2D eigenvalue weighted by Gasteiger charge is -2.36. The number of hydrogen-bond donors (Lipinski definition) is 5. The molecule has 0 amide bonds. The number of aliphatic hydroxyl groups excluding tert-OH is 3. The van der Waals surface area contributed by atoms with E-state index in [4.69, 9.17) is 25.4 Å². The highest BCUT2D eigenvalue weighted by molar-refractivity contribution is 5.73. The van der Waals surface area contributed by atoms with Crippen LogP contribution in [0.3, 0.4) is 0 Å². The van der Waals surface area contributed by atoms with Gasteiger partial charge in [-0.05, 0) is 0 Å². The third-order valence-corrected chi connectivity index (χ3v) is 2.87. The van der Waals surface area contributed by atoms with Crippen LogP contribution < -0.4 is 5.73 Å². The van der Waals surface area contributed by atoms with Gasteiger partial charge in [0.2, 0.25) is 0 Å². The van der Waals surface area contributed by atoms with Crippen LogP contribution in [0.15, 0.2) is 0 Å². The lowest BCUT2D eigenvalue weighted by Crippen LogP contribution is -2.53. The minimum atomic E-state index is -1.18. The standard InChI is InChI=1S/C10H19NO7/c11-6(10(15)16)3-17-4-7-9(14)8(13)5(1-12)2-18-7/h5-9,12-14H,1-4,11H2,(H,15,16)/t5-,6-,7+,8-,9-/m0/s1. The number of carbonyl (C=O) groups is 1. The smallest absolute Gasteiger partial charge is 0.322 e. The fourth-order valence-electron chi connectivity index (χ4n) is 1.63. The molecule has 0 spiro atoms. The third kappa shape index (κ3) is 3.87. The van der Waals surface area contributed by atoms with E-state index >= 15 is 0 Å². The quantitative estimate of drug-likeness (QED) is 0.345. The van der Waals surface area contributed by atoms with Crippen LogP contribution in [-0.4, -0.2) is 77.2 Å². The summed E-state index contributed by atoms with van der Waals surface area (Å²) in [7, 11) is 0. The molecule has 1 heterocycles. The average molecular weight is 265 g/mol. The highest BCUT2D eigenvalue weighted by Gasteiger charge is 2.38. The van der Waals surface area contributed by atoms with E-state index in [-0.39, 0.29) is 26.4 Å². The highest BCUT2D eigenvalue weighted by atomic mass is 16.5. The Balaban J connectivity index is 2.33. The fraction of sp³-hybridized carbons (Fsp3) is 0.900. The number of hydrogen-bond acceptors (Lipinski definition) is 7. The first-order valence-corrected chi connectivity index (χ1v) is 5.62. The van der Waals surface area contributed by atoms with Crippen LogP contribution >= 0.6 is 0 Å². The van der Waals surface area contributed by atoms with Gasteiger partial charge < -0.3 is 35.6 Å². The Morgan fingerprint density at radius 3 is 2.67 bits per heavy atom. The number of carboxylic acids is 1. The van der Waals surface area contributed by atoms with Gasteiger partial charge in [-0.25, -0.2) is 0 Å². The molecule has 106 valence electrons. The van der Waals surface area contributed by atoms with Crippen molar-refractivity contribution in [3.8, 4) is 0 Å². The monoisotopic (exact) mass is 265 g/mol. The van der Waals surface area contributed by atoms with E-state index < -0.39 is 36.2 Å². The van der Waals surface area contributed by atoms with Crippen molar-refractivity contribution in [1.82, 2.24) is 0 Å². The summed E-state index contributed by atoms with van der Waals surface area (Å²) in [6, 6.07) is -1.14. The van der Waals surface area contributed by atoms with Gasteiger partial charge in [-0.3, -0.25) is 4.79 Å². The van der Waals surface area contributed by atoms with Gasteiger partial charge in [0.15, 0.2) is 0 Å². The molecule has 5 atom stereocenters. The van der Waals surface area contributed by atoms with Crippen LogP contribution in [0.25, 0.3) is 0 Å². The van der Waals surface area contributed by atoms with Crippen molar-refractivity contribution < 1.29 is 34.7 Å². The Labute approximate surface area is 104 Å². The van der Waals surface area contributed by atoms with Crippen LogP contribution in [0.5, 0.6) is 0 Å². The van der Waals surface area contributed by atoms with Crippen LogP contribution in [0.1, 0.15) is 0 Å². The van der Waals surface area contributed by atoms with Crippen molar-refractivity contribution in [2.75, 3.05) is 26.4 Å². The van der Waals surface area contributed by atoms with E-state index in [9.17, 15) is 15.0 Å². The molecule has 1 aliphatic heterocycles. The molecule has 0 radical (unpaired) electrons. The summed E-state index contributed by atoms with van der Waals surface area (Å²) in [4.78, 5) is 10.4. The van der Waals surface area contributed by atoms with Crippen molar-refractivity contribution in [2.45, 2.75) is 24.4 Å². The Morgan fingerprint density at radius 2 is 2.11 bits per heavy atom. The van der Waals surface area contributed by atoms with Gasteiger partial charge in [0.25, 0.3) is 0 Å². The number of nitrogens with two attached hydrogens (primary N) is 1. The molecule has 6 N–H and O–H groups in total. The summed E-state index contributed by atoms with van der Waals surface area (Å²) in [6.07, 6.45) is -3.04.